The topological polar surface area (TPSA) is 80.3 Å². The Labute approximate surface area is 226 Å². The smallest absolute Gasteiger partial charge is 0.220 e. The number of aliphatic hydroxyl groups is 1. The Morgan fingerprint density at radius 1 is 1.00 bits per heavy atom. The third-order valence-corrected chi connectivity index (χ3v) is 6.76. The second kappa shape index (κ2) is 16.2. The summed E-state index contributed by atoms with van der Waals surface area (Å²) in [7, 11) is 1.61. The molecule has 2 aromatic carbocycles. The number of alkyl halides is 1. The molecule has 3 rings (SSSR count). The fourth-order valence-corrected chi connectivity index (χ4v) is 4.54. The monoisotopic (exact) mass is 530 g/mol. The summed E-state index contributed by atoms with van der Waals surface area (Å²) in [5.41, 5.74) is 0.687. The number of methoxy groups -OCH3 is 1. The van der Waals surface area contributed by atoms with Crippen molar-refractivity contribution in [3.63, 3.8) is 0 Å². The Morgan fingerprint density at radius 3 is 2.24 bits per heavy atom. The van der Waals surface area contributed by atoms with Crippen molar-refractivity contribution in [2.75, 3.05) is 40.0 Å². The van der Waals surface area contributed by atoms with Gasteiger partial charge in [-0.1, -0.05) is 38.3 Å². The number of nitrogens with one attached hydrogen (secondary N) is 1. The Balaban J connectivity index is 1.50. The van der Waals surface area contributed by atoms with Crippen molar-refractivity contribution >= 4 is 5.91 Å². The lowest BCUT2D eigenvalue weighted by atomic mass is 10.0. The van der Waals surface area contributed by atoms with Crippen molar-refractivity contribution in [2.24, 2.45) is 0 Å². The van der Waals surface area contributed by atoms with Crippen LogP contribution in [0.1, 0.15) is 63.5 Å². The average Bonchev–Trinajstić information content (AvgIpc) is 3.35. The standard InChI is InChI=1S/C30H43FN2O5/c1-3-4-5-6-19-37-26-11-9-23(10-12-26)30(35)28(22-33-18-17-24(31)21-33)32-29(34)8-7-20-38-27-15-13-25(36-2)14-16-27/h9-16,24,28,30,35H,3-8,17-22H2,1-2H3,(H,32,34)/t24?,28-,30-/m1/s1. The van der Waals surface area contributed by atoms with Gasteiger partial charge in [0.2, 0.25) is 5.91 Å². The zero-order valence-electron chi connectivity index (χ0n) is 22.7. The maximum absolute atomic E-state index is 13.8. The molecule has 1 aliphatic heterocycles. The number of halogens is 1. The maximum Gasteiger partial charge on any atom is 0.220 e. The highest BCUT2D eigenvalue weighted by Gasteiger charge is 2.29. The van der Waals surface area contributed by atoms with Crippen LogP contribution in [0.15, 0.2) is 48.5 Å². The SMILES string of the molecule is CCCCCCOc1ccc([C@@H](O)[C@@H](CN2CCC(F)C2)NC(=O)CCCOc2ccc(OC)cc2)cc1. The van der Waals surface area contributed by atoms with Crippen LogP contribution in [-0.2, 0) is 4.79 Å². The van der Waals surface area contributed by atoms with Crippen LogP contribution in [0.4, 0.5) is 4.39 Å². The van der Waals surface area contributed by atoms with E-state index in [1.807, 2.05) is 53.4 Å². The predicted molar refractivity (Wildman–Crippen MR) is 147 cm³/mol. The molecule has 1 aliphatic rings. The number of rotatable bonds is 17. The first kappa shape index (κ1) is 29.7. The summed E-state index contributed by atoms with van der Waals surface area (Å²) in [6, 6.07) is 14.1. The van der Waals surface area contributed by atoms with Crippen LogP contribution < -0.4 is 19.5 Å². The average molecular weight is 531 g/mol. The first-order chi connectivity index (χ1) is 18.5. The van der Waals surface area contributed by atoms with Gasteiger partial charge in [-0.15, -0.1) is 0 Å². The van der Waals surface area contributed by atoms with E-state index in [4.69, 9.17) is 14.2 Å². The molecule has 2 aromatic rings. The summed E-state index contributed by atoms with van der Waals surface area (Å²) in [5.74, 6) is 2.05. The number of aliphatic hydroxyl groups excluding tert-OH is 1. The van der Waals surface area contributed by atoms with E-state index in [1.54, 1.807) is 7.11 Å². The van der Waals surface area contributed by atoms with Crippen LogP contribution in [0.2, 0.25) is 0 Å². The molecule has 8 heteroatoms. The number of carbonyl (C=O) groups is 1. The Bertz CT molecular complexity index is 941. The molecule has 0 aromatic heterocycles. The highest BCUT2D eigenvalue weighted by atomic mass is 19.1. The van der Waals surface area contributed by atoms with E-state index in [-0.39, 0.29) is 12.3 Å². The molecular weight excluding hydrogens is 487 g/mol. The van der Waals surface area contributed by atoms with Crippen LogP contribution in [0.5, 0.6) is 17.2 Å². The summed E-state index contributed by atoms with van der Waals surface area (Å²) in [6.07, 6.45) is 4.03. The number of amides is 1. The third-order valence-electron chi connectivity index (χ3n) is 6.76. The molecule has 2 N–H and O–H groups in total. The number of hydrogen-bond donors (Lipinski definition) is 2. The molecule has 3 atom stereocenters. The Hall–Kier alpha value is -2.84. The molecule has 38 heavy (non-hydrogen) atoms. The number of hydrogen-bond acceptors (Lipinski definition) is 6. The second-order valence-corrected chi connectivity index (χ2v) is 9.87. The maximum atomic E-state index is 13.8. The molecule has 1 saturated heterocycles. The Morgan fingerprint density at radius 2 is 1.63 bits per heavy atom. The van der Waals surface area contributed by atoms with Gasteiger partial charge in [0, 0.05) is 26.1 Å². The number of likely N-dealkylation sites (tertiary alicyclic amines) is 1. The molecule has 0 aliphatic carbocycles. The first-order valence-electron chi connectivity index (χ1n) is 13.8. The fraction of sp³-hybridized carbons (Fsp3) is 0.567. The van der Waals surface area contributed by atoms with Crippen LogP contribution in [0.3, 0.4) is 0 Å². The highest BCUT2D eigenvalue weighted by molar-refractivity contribution is 5.76. The number of nitrogens with zero attached hydrogens (tertiary/aromatic N) is 1. The van der Waals surface area contributed by atoms with Crippen molar-refractivity contribution in [2.45, 2.75) is 70.2 Å². The summed E-state index contributed by atoms with van der Waals surface area (Å²) in [4.78, 5) is 14.7. The minimum atomic E-state index is -0.924. The molecule has 1 amide bonds. The van der Waals surface area contributed by atoms with Crippen LogP contribution >= 0.6 is 0 Å². The Kier molecular flexibility index (Phi) is 12.7. The molecule has 1 fully saturated rings. The molecular formula is C30H43FN2O5. The number of ether oxygens (including phenoxy) is 3. The fourth-order valence-electron chi connectivity index (χ4n) is 4.54. The van der Waals surface area contributed by atoms with E-state index in [0.29, 0.717) is 57.0 Å². The molecule has 7 nitrogen and oxygen atoms in total. The number of carbonyl (C=O) groups excluding carboxylic acids is 1. The zero-order chi connectivity index (χ0) is 27.2. The van der Waals surface area contributed by atoms with Gasteiger partial charge in [0.15, 0.2) is 0 Å². The molecule has 0 radical (unpaired) electrons. The highest BCUT2D eigenvalue weighted by Crippen LogP contribution is 2.23. The van der Waals surface area contributed by atoms with E-state index in [1.165, 1.54) is 12.8 Å². The van der Waals surface area contributed by atoms with Gasteiger partial charge in [0.1, 0.15) is 29.5 Å². The summed E-state index contributed by atoms with van der Waals surface area (Å²) >= 11 is 0. The van der Waals surface area contributed by atoms with Crippen LogP contribution in [-0.4, -0.2) is 68.1 Å². The van der Waals surface area contributed by atoms with Gasteiger partial charge in [-0.3, -0.25) is 9.69 Å². The van der Waals surface area contributed by atoms with E-state index in [0.717, 1.165) is 24.3 Å². The molecule has 0 spiro atoms. The van der Waals surface area contributed by atoms with Crippen molar-refractivity contribution < 1.29 is 28.5 Å². The van der Waals surface area contributed by atoms with Crippen LogP contribution in [0.25, 0.3) is 0 Å². The summed E-state index contributed by atoms with van der Waals surface area (Å²) < 4.78 is 30.4. The number of benzene rings is 2. The molecule has 1 unspecified atom stereocenters. The first-order valence-corrected chi connectivity index (χ1v) is 13.8. The van der Waals surface area contributed by atoms with Crippen molar-refractivity contribution in [3.05, 3.63) is 54.1 Å². The van der Waals surface area contributed by atoms with Gasteiger partial charge < -0.3 is 24.6 Å². The largest absolute Gasteiger partial charge is 0.497 e. The molecule has 0 saturated carbocycles. The van der Waals surface area contributed by atoms with E-state index in [9.17, 15) is 14.3 Å². The minimum Gasteiger partial charge on any atom is -0.497 e. The van der Waals surface area contributed by atoms with Gasteiger partial charge in [-0.05, 0) is 61.2 Å². The van der Waals surface area contributed by atoms with E-state index >= 15 is 0 Å². The lowest BCUT2D eigenvalue weighted by Crippen LogP contribution is -2.47. The van der Waals surface area contributed by atoms with Crippen molar-refractivity contribution in [1.82, 2.24) is 10.2 Å². The van der Waals surface area contributed by atoms with E-state index < -0.39 is 18.3 Å². The normalized spacial score (nSPS) is 17.1. The minimum absolute atomic E-state index is 0.171. The quantitative estimate of drug-likeness (QED) is 0.278. The molecule has 1 heterocycles. The van der Waals surface area contributed by atoms with E-state index in [2.05, 4.69) is 12.2 Å². The number of unbranched alkanes of at least 4 members (excludes halogenated alkanes) is 3. The van der Waals surface area contributed by atoms with Gasteiger partial charge >= 0.3 is 0 Å². The summed E-state index contributed by atoms with van der Waals surface area (Å²) in [5, 5.41) is 14.2. The second-order valence-electron chi connectivity index (χ2n) is 9.87. The zero-order valence-corrected chi connectivity index (χ0v) is 22.7. The van der Waals surface area contributed by atoms with Crippen molar-refractivity contribution in [3.8, 4) is 17.2 Å². The molecule has 0 bridgehead atoms. The van der Waals surface area contributed by atoms with Gasteiger partial charge in [0.05, 0.1) is 26.4 Å². The summed E-state index contributed by atoms with van der Waals surface area (Å²) in [6.45, 7) is 4.55. The van der Waals surface area contributed by atoms with Crippen molar-refractivity contribution in [1.29, 1.82) is 0 Å². The van der Waals surface area contributed by atoms with Gasteiger partial charge in [-0.25, -0.2) is 4.39 Å². The third kappa shape index (κ3) is 10.1. The molecule has 210 valence electrons. The lowest BCUT2D eigenvalue weighted by Gasteiger charge is -2.29. The predicted octanol–water partition coefficient (Wildman–Crippen LogP) is 5.08. The lowest BCUT2D eigenvalue weighted by molar-refractivity contribution is -0.123. The van der Waals surface area contributed by atoms with Gasteiger partial charge in [0.25, 0.3) is 0 Å². The van der Waals surface area contributed by atoms with Gasteiger partial charge in [-0.2, -0.15) is 0 Å². The van der Waals surface area contributed by atoms with Crippen LogP contribution in [0, 0.1) is 0 Å².